The number of benzene rings is 2. The lowest BCUT2D eigenvalue weighted by Gasteiger charge is -2.13. The lowest BCUT2D eigenvalue weighted by molar-refractivity contribution is 0.114. The van der Waals surface area contributed by atoms with Crippen LogP contribution in [0.3, 0.4) is 0 Å². The molecule has 3 nitrogen and oxygen atoms in total. The molecule has 1 saturated heterocycles. The Bertz CT molecular complexity index is 639. The normalized spacial score (nSPS) is 17.0. The van der Waals surface area contributed by atoms with E-state index in [0.717, 1.165) is 47.9 Å². The van der Waals surface area contributed by atoms with Crippen LogP contribution in [0.25, 0.3) is 0 Å². The molecule has 2 aromatic rings. The molecule has 1 heterocycles. The summed E-state index contributed by atoms with van der Waals surface area (Å²) in [5, 5.41) is 3.29. The Balaban J connectivity index is 1.54. The first-order chi connectivity index (χ1) is 11.3. The first-order valence-corrected chi connectivity index (χ1v) is 8.39. The van der Waals surface area contributed by atoms with E-state index in [0.29, 0.717) is 6.61 Å². The molecule has 0 aromatic heterocycles. The van der Waals surface area contributed by atoms with E-state index in [-0.39, 0.29) is 6.10 Å². The predicted octanol–water partition coefficient (Wildman–Crippen LogP) is 3.71. The number of ether oxygens (including phenoxy) is 2. The molecular formula is C19H21NO2S. The first kappa shape index (κ1) is 16.0. The van der Waals surface area contributed by atoms with E-state index in [2.05, 4.69) is 17.4 Å². The SMILES string of the molecule is S=C(NC[C@H]1CCCO1)c1cccc(OCc2ccccc2)c1. The van der Waals surface area contributed by atoms with Gasteiger partial charge in [0.25, 0.3) is 0 Å². The molecule has 0 radical (unpaired) electrons. The fraction of sp³-hybridized carbons (Fsp3) is 0.316. The van der Waals surface area contributed by atoms with Gasteiger partial charge in [0.2, 0.25) is 0 Å². The number of nitrogens with one attached hydrogen (secondary N) is 1. The summed E-state index contributed by atoms with van der Waals surface area (Å²) < 4.78 is 11.5. The second-order valence-electron chi connectivity index (χ2n) is 5.65. The van der Waals surface area contributed by atoms with Crippen molar-refractivity contribution in [2.24, 2.45) is 0 Å². The molecular weight excluding hydrogens is 306 g/mol. The smallest absolute Gasteiger partial charge is 0.120 e. The quantitative estimate of drug-likeness (QED) is 0.819. The lowest BCUT2D eigenvalue weighted by atomic mass is 10.2. The van der Waals surface area contributed by atoms with Crippen molar-refractivity contribution in [3.8, 4) is 5.75 Å². The molecule has 1 N–H and O–H groups in total. The van der Waals surface area contributed by atoms with Crippen LogP contribution in [0, 0.1) is 0 Å². The van der Waals surface area contributed by atoms with E-state index < -0.39 is 0 Å². The van der Waals surface area contributed by atoms with Crippen LogP contribution in [0.1, 0.15) is 24.0 Å². The molecule has 1 aliphatic rings. The Morgan fingerprint density at radius 2 is 2.04 bits per heavy atom. The molecule has 120 valence electrons. The summed E-state index contributed by atoms with van der Waals surface area (Å²) in [6.07, 6.45) is 2.53. The van der Waals surface area contributed by atoms with E-state index in [1.165, 1.54) is 0 Å². The molecule has 23 heavy (non-hydrogen) atoms. The fourth-order valence-electron chi connectivity index (χ4n) is 2.58. The fourth-order valence-corrected chi connectivity index (χ4v) is 2.79. The van der Waals surface area contributed by atoms with Crippen molar-refractivity contribution in [1.82, 2.24) is 5.32 Å². The van der Waals surface area contributed by atoms with Gasteiger partial charge in [-0.3, -0.25) is 0 Å². The zero-order valence-electron chi connectivity index (χ0n) is 13.0. The van der Waals surface area contributed by atoms with Crippen molar-refractivity contribution in [3.05, 3.63) is 65.7 Å². The molecule has 0 aliphatic carbocycles. The summed E-state index contributed by atoms with van der Waals surface area (Å²) in [7, 11) is 0. The molecule has 3 rings (SSSR count). The molecule has 0 amide bonds. The maximum Gasteiger partial charge on any atom is 0.120 e. The summed E-state index contributed by atoms with van der Waals surface area (Å²) in [5.41, 5.74) is 2.13. The minimum absolute atomic E-state index is 0.283. The first-order valence-electron chi connectivity index (χ1n) is 7.98. The molecule has 4 heteroatoms. The van der Waals surface area contributed by atoms with Gasteiger partial charge in [0.1, 0.15) is 17.3 Å². The molecule has 2 aromatic carbocycles. The van der Waals surface area contributed by atoms with Crippen molar-refractivity contribution in [2.75, 3.05) is 13.2 Å². The Morgan fingerprint density at radius 1 is 1.17 bits per heavy atom. The van der Waals surface area contributed by atoms with Gasteiger partial charge in [-0.05, 0) is 30.5 Å². The summed E-state index contributed by atoms with van der Waals surface area (Å²) in [6.45, 7) is 2.19. The Labute approximate surface area is 142 Å². The predicted molar refractivity (Wildman–Crippen MR) is 95.9 cm³/mol. The van der Waals surface area contributed by atoms with Gasteiger partial charge in [-0.2, -0.15) is 0 Å². The van der Waals surface area contributed by atoms with Crippen molar-refractivity contribution in [3.63, 3.8) is 0 Å². The van der Waals surface area contributed by atoms with Crippen molar-refractivity contribution < 1.29 is 9.47 Å². The second-order valence-corrected chi connectivity index (χ2v) is 6.06. The number of hydrogen-bond acceptors (Lipinski definition) is 3. The van der Waals surface area contributed by atoms with E-state index in [1.807, 2.05) is 42.5 Å². The van der Waals surface area contributed by atoms with Crippen molar-refractivity contribution in [2.45, 2.75) is 25.6 Å². The van der Waals surface area contributed by atoms with Gasteiger partial charge in [-0.25, -0.2) is 0 Å². The van der Waals surface area contributed by atoms with Crippen LogP contribution < -0.4 is 10.1 Å². The lowest BCUT2D eigenvalue weighted by Crippen LogP contribution is -2.31. The van der Waals surface area contributed by atoms with Crippen LogP contribution in [0.5, 0.6) is 5.75 Å². The zero-order chi connectivity index (χ0) is 15.9. The summed E-state index contributed by atoms with van der Waals surface area (Å²) in [5.74, 6) is 0.826. The maximum absolute atomic E-state index is 5.85. The minimum atomic E-state index is 0.283. The van der Waals surface area contributed by atoms with Crippen LogP contribution >= 0.6 is 12.2 Å². The molecule has 0 unspecified atom stereocenters. The average molecular weight is 327 g/mol. The standard InChI is InChI=1S/C19H21NO2S/c23-19(20-13-18-10-5-11-21-18)16-8-4-9-17(12-16)22-14-15-6-2-1-3-7-15/h1-4,6-9,12,18H,5,10-11,13-14H2,(H,20,23)/t18-/m1/s1. The largest absolute Gasteiger partial charge is 0.489 e. The van der Waals surface area contributed by atoms with Crippen LogP contribution in [-0.2, 0) is 11.3 Å². The van der Waals surface area contributed by atoms with E-state index in [1.54, 1.807) is 0 Å². The zero-order valence-corrected chi connectivity index (χ0v) is 13.9. The highest BCUT2D eigenvalue weighted by Crippen LogP contribution is 2.16. The minimum Gasteiger partial charge on any atom is -0.489 e. The topological polar surface area (TPSA) is 30.5 Å². The van der Waals surface area contributed by atoms with E-state index in [4.69, 9.17) is 21.7 Å². The Morgan fingerprint density at radius 3 is 2.83 bits per heavy atom. The maximum atomic E-state index is 5.85. The number of hydrogen-bond donors (Lipinski definition) is 1. The van der Waals surface area contributed by atoms with Gasteiger partial charge < -0.3 is 14.8 Å². The van der Waals surface area contributed by atoms with Crippen molar-refractivity contribution in [1.29, 1.82) is 0 Å². The third-order valence-electron chi connectivity index (χ3n) is 3.86. The highest BCUT2D eigenvalue weighted by Gasteiger charge is 2.15. The van der Waals surface area contributed by atoms with E-state index in [9.17, 15) is 0 Å². The Kier molecular flexibility index (Phi) is 5.61. The average Bonchev–Trinajstić information content (AvgIpc) is 3.12. The van der Waals surface area contributed by atoms with Crippen LogP contribution in [-0.4, -0.2) is 24.2 Å². The molecule has 0 spiro atoms. The molecule has 0 bridgehead atoms. The van der Waals surface area contributed by atoms with Gasteiger partial charge in [0.05, 0.1) is 6.10 Å². The molecule has 1 fully saturated rings. The monoisotopic (exact) mass is 327 g/mol. The van der Waals surface area contributed by atoms with Gasteiger partial charge in [-0.1, -0.05) is 54.7 Å². The number of thiocarbonyl (C=S) groups is 1. The van der Waals surface area contributed by atoms with Crippen LogP contribution in [0.4, 0.5) is 0 Å². The van der Waals surface area contributed by atoms with Crippen molar-refractivity contribution >= 4 is 17.2 Å². The highest BCUT2D eigenvalue weighted by atomic mass is 32.1. The second kappa shape index (κ2) is 8.09. The van der Waals surface area contributed by atoms with Crippen LogP contribution in [0.2, 0.25) is 0 Å². The third kappa shape index (κ3) is 4.78. The summed E-state index contributed by atoms with van der Waals surface area (Å²) in [4.78, 5) is 0.741. The van der Waals surface area contributed by atoms with Gasteiger partial charge in [-0.15, -0.1) is 0 Å². The van der Waals surface area contributed by atoms with Gasteiger partial charge >= 0.3 is 0 Å². The highest BCUT2D eigenvalue weighted by molar-refractivity contribution is 7.80. The van der Waals surface area contributed by atoms with Crippen LogP contribution in [0.15, 0.2) is 54.6 Å². The summed E-state index contributed by atoms with van der Waals surface area (Å²) in [6, 6.07) is 18.0. The molecule has 1 aliphatic heterocycles. The summed E-state index contributed by atoms with van der Waals surface area (Å²) >= 11 is 5.47. The van der Waals surface area contributed by atoms with Gasteiger partial charge in [0, 0.05) is 18.7 Å². The molecule has 1 atom stereocenters. The van der Waals surface area contributed by atoms with E-state index >= 15 is 0 Å². The third-order valence-corrected chi connectivity index (χ3v) is 4.24. The molecule has 0 saturated carbocycles. The number of rotatable bonds is 6. The Hall–Kier alpha value is -1.91. The van der Waals surface area contributed by atoms with Gasteiger partial charge in [0.15, 0.2) is 0 Å².